The van der Waals surface area contributed by atoms with Crippen molar-refractivity contribution in [2.24, 2.45) is 0 Å². The molecular weight excluding hydrogens is 296 g/mol. The van der Waals surface area contributed by atoms with Gasteiger partial charge in [-0.3, -0.25) is 14.5 Å². The maximum Gasteiger partial charge on any atom is 0.261 e. The molecule has 18 heavy (non-hydrogen) atoms. The molecular formula is C13H15BrN2O2. The first kappa shape index (κ1) is 13.2. The zero-order valence-corrected chi connectivity index (χ0v) is 12.2. The van der Waals surface area contributed by atoms with Crippen LogP contribution in [0.1, 0.15) is 34.6 Å². The van der Waals surface area contributed by atoms with Crippen molar-refractivity contribution < 1.29 is 9.59 Å². The van der Waals surface area contributed by atoms with Crippen molar-refractivity contribution in [2.75, 3.05) is 13.6 Å². The summed E-state index contributed by atoms with van der Waals surface area (Å²) in [5.41, 5.74) is 0.654. The highest BCUT2D eigenvalue weighted by atomic mass is 79.9. The number of carbonyl (C=O) groups excluding carboxylic acids is 2. The summed E-state index contributed by atoms with van der Waals surface area (Å²) in [7, 11) is 1.81. The van der Waals surface area contributed by atoms with Crippen molar-refractivity contribution >= 4 is 27.7 Å². The van der Waals surface area contributed by atoms with Crippen LogP contribution in [-0.2, 0) is 0 Å². The zero-order chi connectivity index (χ0) is 13.5. The van der Waals surface area contributed by atoms with E-state index < -0.39 is 0 Å². The fourth-order valence-corrected chi connectivity index (χ4v) is 2.24. The fourth-order valence-electron chi connectivity index (χ4n) is 1.88. The molecule has 0 atom stereocenters. The predicted octanol–water partition coefficient (Wildman–Crippen LogP) is 2.04. The Bertz CT molecular complexity index is 526. The van der Waals surface area contributed by atoms with Crippen LogP contribution < -0.4 is 5.32 Å². The Balaban J connectivity index is 2.34. The van der Waals surface area contributed by atoms with Crippen LogP contribution >= 0.6 is 15.9 Å². The van der Waals surface area contributed by atoms with E-state index in [4.69, 9.17) is 0 Å². The Morgan fingerprint density at radius 1 is 1.22 bits per heavy atom. The lowest BCUT2D eigenvalue weighted by Gasteiger charge is -2.28. The third-order valence-corrected chi connectivity index (χ3v) is 3.66. The summed E-state index contributed by atoms with van der Waals surface area (Å²) in [6.45, 7) is 4.26. The van der Waals surface area contributed by atoms with Gasteiger partial charge < -0.3 is 5.32 Å². The van der Waals surface area contributed by atoms with Gasteiger partial charge in [-0.2, -0.15) is 0 Å². The monoisotopic (exact) mass is 310 g/mol. The number of amides is 2. The molecule has 0 saturated heterocycles. The van der Waals surface area contributed by atoms with Crippen LogP contribution in [-0.4, -0.2) is 35.8 Å². The molecule has 0 radical (unpaired) electrons. The summed E-state index contributed by atoms with van der Waals surface area (Å²) in [6.07, 6.45) is 0. The van der Waals surface area contributed by atoms with Gasteiger partial charge >= 0.3 is 0 Å². The van der Waals surface area contributed by atoms with Gasteiger partial charge in [0.05, 0.1) is 11.1 Å². The molecule has 1 aromatic carbocycles. The van der Waals surface area contributed by atoms with Crippen LogP contribution in [0.4, 0.5) is 0 Å². The number of nitrogens with one attached hydrogen (secondary N) is 1. The molecule has 1 N–H and O–H groups in total. The number of hydrogen-bond donors (Lipinski definition) is 1. The highest BCUT2D eigenvalue weighted by Crippen LogP contribution is 2.27. The summed E-state index contributed by atoms with van der Waals surface area (Å²) < 4.78 is 0.803. The van der Waals surface area contributed by atoms with E-state index in [1.165, 1.54) is 4.90 Å². The van der Waals surface area contributed by atoms with E-state index in [0.717, 1.165) is 4.47 Å². The zero-order valence-electron chi connectivity index (χ0n) is 10.6. The van der Waals surface area contributed by atoms with Gasteiger partial charge in [-0.1, -0.05) is 15.9 Å². The summed E-state index contributed by atoms with van der Waals surface area (Å²) in [6, 6.07) is 5.16. The van der Waals surface area contributed by atoms with Crippen LogP contribution in [0, 0.1) is 0 Å². The standard InChI is InChI=1S/C13H15BrN2O2/c1-13(2,15-3)7-16-11(17)9-5-4-8(14)6-10(9)12(16)18/h4-6,15H,7H2,1-3H3. The Hall–Kier alpha value is -1.20. The van der Waals surface area contributed by atoms with Crippen LogP contribution in [0.25, 0.3) is 0 Å². The van der Waals surface area contributed by atoms with E-state index in [-0.39, 0.29) is 17.4 Å². The average Bonchev–Trinajstić information content (AvgIpc) is 2.54. The summed E-state index contributed by atoms with van der Waals surface area (Å²) >= 11 is 3.31. The second-order valence-corrected chi connectivity index (χ2v) is 5.94. The van der Waals surface area contributed by atoms with Gasteiger partial charge in [-0.15, -0.1) is 0 Å². The molecule has 1 heterocycles. The van der Waals surface area contributed by atoms with Gasteiger partial charge in [0, 0.05) is 16.6 Å². The molecule has 1 aromatic rings. The Morgan fingerprint density at radius 2 is 1.83 bits per heavy atom. The number of carbonyl (C=O) groups is 2. The second kappa shape index (κ2) is 4.48. The number of hydrogen-bond acceptors (Lipinski definition) is 3. The van der Waals surface area contributed by atoms with E-state index in [1.807, 2.05) is 20.9 Å². The van der Waals surface area contributed by atoms with Gasteiger partial charge in [-0.25, -0.2) is 0 Å². The molecule has 5 heteroatoms. The molecule has 96 valence electrons. The molecule has 1 aliphatic heterocycles. The van der Waals surface area contributed by atoms with Crippen molar-refractivity contribution in [2.45, 2.75) is 19.4 Å². The normalized spacial score (nSPS) is 15.2. The van der Waals surface area contributed by atoms with Gasteiger partial charge in [0.1, 0.15) is 0 Å². The quantitative estimate of drug-likeness (QED) is 0.869. The number of fused-ring (bicyclic) bond motifs is 1. The van der Waals surface area contributed by atoms with E-state index in [2.05, 4.69) is 21.2 Å². The molecule has 0 saturated carbocycles. The van der Waals surface area contributed by atoms with Gasteiger partial charge in [0.15, 0.2) is 0 Å². The molecule has 0 aromatic heterocycles. The van der Waals surface area contributed by atoms with Crippen LogP contribution in [0.3, 0.4) is 0 Å². The minimum absolute atomic E-state index is 0.217. The Morgan fingerprint density at radius 3 is 2.44 bits per heavy atom. The smallest absolute Gasteiger partial charge is 0.261 e. The Kier molecular flexibility index (Phi) is 3.29. The number of nitrogens with zero attached hydrogens (tertiary/aromatic N) is 1. The van der Waals surface area contributed by atoms with E-state index in [9.17, 15) is 9.59 Å². The lowest BCUT2D eigenvalue weighted by Crippen LogP contribution is -2.49. The third kappa shape index (κ3) is 2.20. The molecule has 4 nitrogen and oxygen atoms in total. The van der Waals surface area contributed by atoms with Crippen molar-refractivity contribution in [3.05, 3.63) is 33.8 Å². The van der Waals surface area contributed by atoms with Crippen LogP contribution in [0.15, 0.2) is 22.7 Å². The predicted molar refractivity (Wildman–Crippen MR) is 72.6 cm³/mol. The third-order valence-electron chi connectivity index (χ3n) is 3.16. The number of rotatable bonds is 3. The minimum Gasteiger partial charge on any atom is -0.313 e. The number of halogens is 1. The van der Waals surface area contributed by atoms with Gasteiger partial charge in [-0.05, 0) is 39.1 Å². The molecule has 0 aliphatic carbocycles. The molecule has 0 bridgehead atoms. The largest absolute Gasteiger partial charge is 0.313 e. The van der Waals surface area contributed by atoms with Crippen LogP contribution in [0.5, 0.6) is 0 Å². The minimum atomic E-state index is -0.301. The molecule has 1 aliphatic rings. The molecule has 0 unspecified atom stereocenters. The lowest BCUT2D eigenvalue weighted by atomic mass is 10.1. The first-order chi connectivity index (χ1) is 8.35. The van der Waals surface area contributed by atoms with Crippen molar-refractivity contribution in [1.82, 2.24) is 10.2 Å². The Labute approximate surface area is 114 Å². The van der Waals surface area contributed by atoms with Gasteiger partial charge in [0.25, 0.3) is 11.8 Å². The topological polar surface area (TPSA) is 49.4 Å². The van der Waals surface area contributed by atoms with Gasteiger partial charge in [0.2, 0.25) is 0 Å². The molecule has 2 amide bonds. The summed E-state index contributed by atoms with van der Waals surface area (Å²) in [5.74, 6) is -0.439. The second-order valence-electron chi connectivity index (χ2n) is 5.02. The maximum atomic E-state index is 12.2. The first-order valence-corrected chi connectivity index (χ1v) is 6.50. The number of likely N-dealkylation sites (N-methyl/N-ethyl adjacent to an activating group) is 1. The lowest BCUT2D eigenvalue weighted by molar-refractivity contribution is 0.0615. The number of imide groups is 1. The van der Waals surface area contributed by atoms with Crippen molar-refractivity contribution in [1.29, 1.82) is 0 Å². The highest BCUT2D eigenvalue weighted by Gasteiger charge is 2.38. The summed E-state index contributed by atoms with van der Waals surface area (Å²) in [5, 5.41) is 3.09. The van der Waals surface area contributed by atoms with Crippen molar-refractivity contribution in [3.8, 4) is 0 Å². The fraction of sp³-hybridized carbons (Fsp3) is 0.385. The van der Waals surface area contributed by atoms with Crippen molar-refractivity contribution in [3.63, 3.8) is 0 Å². The highest BCUT2D eigenvalue weighted by molar-refractivity contribution is 9.10. The first-order valence-electron chi connectivity index (χ1n) is 5.70. The van der Waals surface area contributed by atoms with E-state index >= 15 is 0 Å². The summed E-state index contributed by atoms with van der Waals surface area (Å²) in [4.78, 5) is 25.7. The molecule has 0 fully saturated rings. The van der Waals surface area contributed by atoms with E-state index in [1.54, 1.807) is 18.2 Å². The molecule has 0 spiro atoms. The average molecular weight is 311 g/mol. The SMILES string of the molecule is CNC(C)(C)CN1C(=O)c2ccc(Br)cc2C1=O. The molecule has 2 rings (SSSR count). The maximum absolute atomic E-state index is 12.2. The van der Waals surface area contributed by atoms with E-state index in [0.29, 0.717) is 17.7 Å². The number of benzene rings is 1. The van der Waals surface area contributed by atoms with Crippen LogP contribution in [0.2, 0.25) is 0 Å².